The Morgan fingerprint density at radius 3 is 1.95 bits per heavy atom. The average Bonchev–Trinajstić information content (AvgIpc) is 2.29. The normalized spacial score (nSPS) is 12.6. The van der Waals surface area contributed by atoms with Gasteiger partial charge in [-0.2, -0.15) is 8.42 Å². The third kappa shape index (κ3) is 3.63. The monoisotopic (exact) mass is 339 g/mol. The molecule has 8 nitrogen and oxygen atoms in total. The van der Waals surface area contributed by atoms with Crippen LogP contribution in [0.2, 0.25) is 0 Å². The number of rotatable bonds is 5. The SMILES string of the molecule is CCc1c(CS(=O)(=O)O)c(O)n(CC)c(=O)c1S(C)(=O)=O. The molecule has 120 valence electrons. The summed E-state index contributed by atoms with van der Waals surface area (Å²) < 4.78 is 55.5. The van der Waals surface area contributed by atoms with Gasteiger partial charge in [-0.25, -0.2) is 8.42 Å². The molecule has 0 bridgehead atoms. The van der Waals surface area contributed by atoms with Crippen LogP contribution in [0.15, 0.2) is 9.69 Å². The standard InChI is InChI=1S/C11H17NO7S2/c1-4-7-8(6-21(17,18)19)10(13)12(5-2)11(14)9(7)20(3,15)16/h13H,4-6H2,1-3H3,(H,17,18,19). The first kappa shape index (κ1) is 17.7. The Kier molecular flexibility index (Phi) is 4.86. The van der Waals surface area contributed by atoms with Crippen LogP contribution in [-0.4, -0.2) is 37.3 Å². The second-order valence-electron chi connectivity index (χ2n) is 4.51. The lowest BCUT2D eigenvalue weighted by atomic mass is 10.1. The maximum Gasteiger partial charge on any atom is 0.272 e. The molecule has 0 amide bonds. The number of sulfone groups is 1. The summed E-state index contributed by atoms with van der Waals surface area (Å²) in [6.45, 7) is 2.97. The van der Waals surface area contributed by atoms with E-state index in [0.29, 0.717) is 0 Å². The van der Waals surface area contributed by atoms with Gasteiger partial charge in [0.25, 0.3) is 15.7 Å². The summed E-state index contributed by atoms with van der Waals surface area (Å²) in [6.07, 6.45) is 0.845. The van der Waals surface area contributed by atoms with Gasteiger partial charge in [-0.05, 0) is 18.9 Å². The third-order valence-electron chi connectivity index (χ3n) is 2.97. The van der Waals surface area contributed by atoms with Gasteiger partial charge < -0.3 is 5.11 Å². The number of aromatic nitrogens is 1. The quantitative estimate of drug-likeness (QED) is 0.718. The molecular formula is C11H17NO7S2. The Morgan fingerprint density at radius 2 is 1.62 bits per heavy atom. The first-order valence-corrected chi connectivity index (χ1v) is 9.56. The molecule has 0 aliphatic carbocycles. The summed E-state index contributed by atoms with van der Waals surface area (Å²) in [5.74, 6) is -1.62. The number of hydrogen-bond donors (Lipinski definition) is 2. The molecule has 1 aromatic rings. The molecule has 0 aromatic carbocycles. The highest BCUT2D eigenvalue weighted by Gasteiger charge is 2.27. The molecule has 0 atom stereocenters. The molecule has 0 saturated carbocycles. The highest BCUT2D eigenvalue weighted by Crippen LogP contribution is 2.27. The van der Waals surface area contributed by atoms with E-state index in [1.165, 1.54) is 13.8 Å². The minimum atomic E-state index is -4.50. The van der Waals surface area contributed by atoms with Crippen LogP contribution < -0.4 is 5.56 Å². The fourth-order valence-corrected chi connectivity index (χ4v) is 3.98. The summed E-state index contributed by atoms with van der Waals surface area (Å²) in [4.78, 5) is 11.6. The summed E-state index contributed by atoms with van der Waals surface area (Å²) >= 11 is 0. The molecular weight excluding hydrogens is 322 g/mol. The summed E-state index contributed by atoms with van der Waals surface area (Å²) in [5.41, 5.74) is -1.28. The minimum Gasteiger partial charge on any atom is -0.494 e. The van der Waals surface area contributed by atoms with E-state index in [0.717, 1.165) is 10.8 Å². The van der Waals surface area contributed by atoms with Crippen molar-refractivity contribution < 1.29 is 26.5 Å². The molecule has 1 heterocycles. The van der Waals surface area contributed by atoms with Crippen molar-refractivity contribution in [2.75, 3.05) is 6.26 Å². The van der Waals surface area contributed by atoms with Crippen LogP contribution >= 0.6 is 0 Å². The van der Waals surface area contributed by atoms with Gasteiger partial charge >= 0.3 is 0 Å². The van der Waals surface area contributed by atoms with Gasteiger partial charge in [0.05, 0.1) is 0 Å². The Bertz CT molecular complexity index is 819. The largest absolute Gasteiger partial charge is 0.494 e. The van der Waals surface area contributed by atoms with E-state index in [4.69, 9.17) is 4.55 Å². The van der Waals surface area contributed by atoms with Gasteiger partial charge in [0.2, 0.25) is 0 Å². The van der Waals surface area contributed by atoms with E-state index in [9.17, 15) is 26.7 Å². The van der Waals surface area contributed by atoms with E-state index < -0.39 is 42.0 Å². The van der Waals surface area contributed by atoms with Gasteiger partial charge in [-0.15, -0.1) is 0 Å². The maximum atomic E-state index is 12.2. The van der Waals surface area contributed by atoms with Crippen LogP contribution in [0.25, 0.3) is 0 Å². The van der Waals surface area contributed by atoms with Crippen LogP contribution in [0.5, 0.6) is 5.88 Å². The van der Waals surface area contributed by atoms with Crippen LogP contribution in [0.3, 0.4) is 0 Å². The van der Waals surface area contributed by atoms with Crippen molar-refractivity contribution in [1.29, 1.82) is 0 Å². The molecule has 21 heavy (non-hydrogen) atoms. The maximum absolute atomic E-state index is 12.2. The predicted octanol–water partition coefficient (Wildman–Crippen LogP) is -0.0725. The summed E-state index contributed by atoms with van der Waals surface area (Å²) in [5, 5.41) is 10.0. The van der Waals surface area contributed by atoms with Crippen LogP contribution in [-0.2, 0) is 38.7 Å². The summed E-state index contributed by atoms with van der Waals surface area (Å²) in [7, 11) is -8.43. The van der Waals surface area contributed by atoms with Crippen molar-refractivity contribution >= 4 is 20.0 Å². The number of hydrogen-bond acceptors (Lipinski definition) is 6. The van der Waals surface area contributed by atoms with Crippen LogP contribution in [0.4, 0.5) is 0 Å². The van der Waals surface area contributed by atoms with Crippen molar-refractivity contribution in [1.82, 2.24) is 4.57 Å². The van der Waals surface area contributed by atoms with Gasteiger partial charge in [0.15, 0.2) is 15.7 Å². The Hall–Kier alpha value is -1.39. The Balaban J connectivity index is 4.01. The van der Waals surface area contributed by atoms with E-state index in [2.05, 4.69) is 0 Å². The third-order valence-corrected chi connectivity index (χ3v) is 4.79. The fourth-order valence-electron chi connectivity index (χ4n) is 2.17. The lowest BCUT2D eigenvalue weighted by Gasteiger charge is -2.17. The van der Waals surface area contributed by atoms with E-state index >= 15 is 0 Å². The molecule has 1 rings (SSSR count). The molecule has 0 radical (unpaired) electrons. The average molecular weight is 339 g/mol. The van der Waals surface area contributed by atoms with Gasteiger partial charge in [-0.3, -0.25) is 13.9 Å². The Morgan fingerprint density at radius 1 is 1.10 bits per heavy atom. The molecule has 2 N–H and O–H groups in total. The second-order valence-corrected chi connectivity index (χ2v) is 7.92. The molecule has 0 fully saturated rings. The van der Waals surface area contributed by atoms with E-state index in [-0.39, 0.29) is 24.1 Å². The first-order valence-electron chi connectivity index (χ1n) is 6.06. The van der Waals surface area contributed by atoms with Crippen LogP contribution in [0, 0.1) is 0 Å². The van der Waals surface area contributed by atoms with Crippen molar-refractivity contribution in [2.24, 2.45) is 0 Å². The lowest BCUT2D eigenvalue weighted by Crippen LogP contribution is -2.29. The summed E-state index contributed by atoms with van der Waals surface area (Å²) in [6, 6.07) is 0. The minimum absolute atomic E-state index is 0.0145. The Labute approximate surface area is 122 Å². The van der Waals surface area contributed by atoms with Gasteiger partial charge in [-0.1, -0.05) is 6.92 Å². The molecule has 0 unspecified atom stereocenters. The lowest BCUT2D eigenvalue weighted by molar-refractivity contribution is 0.399. The second kappa shape index (κ2) is 5.78. The number of aromatic hydroxyl groups is 1. The highest BCUT2D eigenvalue weighted by atomic mass is 32.2. The molecule has 1 aromatic heterocycles. The predicted molar refractivity (Wildman–Crippen MR) is 75.8 cm³/mol. The first-order chi connectivity index (χ1) is 9.44. The van der Waals surface area contributed by atoms with Gasteiger partial charge in [0.1, 0.15) is 10.6 Å². The smallest absolute Gasteiger partial charge is 0.272 e. The highest BCUT2D eigenvalue weighted by molar-refractivity contribution is 7.90. The molecule has 0 aliphatic heterocycles. The molecule has 0 saturated heterocycles. The van der Waals surface area contributed by atoms with Crippen molar-refractivity contribution in [2.45, 2.75) is 37.5 Å². The molecule has 0 aliphatic rings. The topological polar surface area (TPSA) is 131 Å². The molecule has 10 heteroatoms. The zero-order valence-corrected chi connectivity index (χ0v) is 13.5. The zero-order chi connectivity index (χ0) is 16.6. The van der Waals surface area contributed by atoms with Crippen LogP contribution in [0.1, 0.15) is 25.0 Å². The van der Waals surface area contributed by atoms with Crippen molar-refractivity contribution in [3.05, 3.63) is 21.5 Å². The van der Waals surface area contributed by atoms with E-state index in [1.807, 2.05) is 0 Å². The van der Waals surface area contributed by atoms with Gasteiger partial charge in [0, 0.05) is 18.4 Å². The number of pyridine rings is 1. The van der Waals surface area contributed by atoms with Crippen molar-refractivity contribution in [3.63, 3.8) is 0 Å². The van der Waals surface area contributed by atoms with E-state index in [1.54, 1.807) is 0 Å². The number of nitrogens with zero attached hydrogens (tertiary/aromatic N) is 1. The molecule has 0 spiro atoms. The zero-order valence-electron chi connectivity index (χ0n) is 11.8. The van der Waals surface area contributed by atoms with Crippen molar-refractivity contribution in [3.8, 4) is 5.88 Å². The fraction of sp³-hybridized carbons (Fsp3) is 0.545.